The van der Waals surface area contributed by atoms with Gasteiger partial charge in [-0.15, -0.1) is 0 Å². The summed E-state index contributed by atoms with van der Waals surface area (Å²) in [5.41, 5.74) is 0.878. The van der Waals surface area contributed by atoms with Gasteiger partial charge in [-0.1, -0.05) is 12.1 Å². The van der Waals surface area contributed by atoms with Gasteiger partial charge in [0.25, 0.3) is 5.69 Å². The van der Waals surface area contributed by atoms with Gasteiger partial charge in [-0.05, 0) is 12.1 Å². The molecule has 0 saturated carbocycles. The number of hydrogen-bond donors (Lipinski definition) is 1. The number of ether oxygens (including phenoxy) is 2. The molecule has 0 spiro atoms. The molecule has 6 nitrogen and oxygen atoms in total. The zero-order valence-corrected chi connectivity index (χ0v) is 12.0. The summed E-state index contributed by atoms with van der Waals surface area (Å²) in [6, 6.07) is 10.3. The lowest BCUT2D eigenvalue weighted by Crippen LogP contribution is -2.38. The smallest absolute Gasteiger partial charge is 0.317 e. The highest BCUT2D eigenvalue weighted by molar-refractivity contribution is 5.90. The lowest BCUT2D eigenvalue weighted by atomic mass is 10.2. The van der Waals surface area contributed by atoms with E-state index < -0.39 is 5.91 Å². The minimum atomic E-state index is -0.428. The number of benzene rings is 1. The molecular formula is C16H16N2O4. The van der Waals surface area contributed by atoms with Gasteiger partial charge in [0.05, 0.1) is 13.2 Å². The first-order valence-corrected chi connectivity index (χ1v) is 7.09. The number of hydrogen-bond acceptors (Lipinski definition) is 4. The van der Waals surface area contributed by atoms with E-state index >= 15 is 0 Å². The molecular weight excluding hydrogens is 284 g/mol. The number of nitrogens with zero attached hydrogens (tertiary/aromatic N) is 1. The molecule has 0 radical (unpaired) electrons. The molecule has 22 heavy (non-hydrogen) atoms. The van der Waals surface area contributed by atoms with Crippen molar-refractivity contribution in [1.82, 2.24) is 5.32 Å². The third-order valence-electron chi connectivity index (χ3n) is 3.35. The van der Waals surface area contributed by atoms with E-state index in [-0.39, 0.29) is 12.2 Å². The highest BCUT2D eigenvalue weighted by Gasteiger charge is 2.18. The van der Waals surface area contributed by atoms with Crippen LogP contribution in [0.4, 0.5) is 0 Å². The van der Waals surface area contributed by atoms with E-state index in [1.807, 2.05) is 18.2 Å². The fraction of sp³-hybridized carbons (Fsp3) is 0.250. The Hall–Kier alpha value is -2.76. The zero-order valence-electron chi connectivity index (χ0n) is 12.0. The van der Waals surface area contributed by atoms with Crippen LogP contribution in [-0.2, 0) is 6.54 Å². The Bertz CT molecular complexity index is 688. The molecule has 0 atom stereocenters. The van der Waals surface area contributed by atoms with Crippen LogP contribution in [0.2, 0.25) is 0 Å². The van der Waals surface area contributed by atoms with E-state index in [0.717, 1.165) is 12.0 Å². The maximum atomic E-state index is 12.1. The number of rotatable bonds is 3. The van der Waals surface area contributed by atoms with Crippen LogP contribution in [0.15, 0.2) is 42.6 Å². The highest BCUT2D eigenvalue weighted by atomic mass is 16.5. The molecule has 1 aliphatic heterocycles. The van der Waals surface area contributed by atoms with Crippen molar-refractivity contribution < 1.29 is 19.0 Å². The lowest BCUT2D eigenvalue weighted by molar-refractivity contribution is -0.607. The number of para-hydroxylation sites is 1. The molecule has 0 aliphatic carbocycles. The summed E-state index contributed by atoms with van der Waals surface area (Å²) < 4.78 is 11.8. The summed E-state index contributed by atoms with van der Waals surface area (Å²) in [6.07, 6.45) is 2.11. The summed E-state index contributed by atoms with van der Waals surface area (Å²) in [6.45, 7) is 1.46. The molecule has 2 heterocycles. The van der Waals surface area contributed by atoms with E-state index in [1.54, 1.807) is 12.1 Å². The van der Waals surface area contributed by atoms with E-state index in [1.165, 1.54) is 12.3 Å². The minimum absolute atomic E-state index is 0.0571. The molecule has 114 valence electrons. The molecule has 1 N–H and O–H groups in total. The number of amides is 1. The normalized spacial score (nSPS) is 13.3. The number of carbonyl (C=O) groups is 1. The molecule has 0 bridgehead atoms. The molecule has 1 aromatic heterocycles. The Morgan fingerprint density at radius 2 is 2.05 bits per heavy atom. The summed E-state index contributed by atoms with van der Waals surface area (Å²) in [7, 11) is 0. The highest BCUT2D eigenvalue weighted by Crippen LogP contribution is 2.33. The number of carbonyl (C=O) groups excluding carboxylic acids is 1. The van der Waals surface area contributed by atoms with E-state index in [2.05, 4.69) is 5.32 Å². The van der Waals surface area contributed by atoms with Crippen LogP contribution in [0.25, 0.3) is 0 Å². The summed E-state index contributed by atoms with van der Waals surface area (Å²) >= 11 is 0. The van der Waals surface area contributed by atoms with Crippen LogP contribution in [-0.4, -0.2) is 19.1 Å². The van der Waals surface area contributed by atoms with Gasteiger partial charge in [0.2, 0.25) is 0 Å². The maximum absolute atomic E-state index is 12.1. The molecule has 1 aromatic carbocycles. The van der Waals surface area contributed by atoms with Gasteiger partial charge in [0.1, 0.15) is 0 Å². The zero-order chi connectivity index (χ0) is 15.4. The predicted octanol–water partition coefficient (Wildman–Crippen LogP) is 1.41. The van der Waals surface area contributed by atoms with Crippen molar-refractivity contribution in [2.24, 2.45) is 0 Å². The van der Waals surface area contributed by atoms with Crippen LogP contribution in [0.5, 0.6) is 11.5 Å². The molecule has 2 aromatic rings. The van der Waals surface area contributed by atoms with Crippen molar-refractivity contribution in [1.29, 1.82) is 0 Å². The minimum Gasteiger partial charge on any atom is -0.618 e. The molecule has 0 fully saturated rings. The van der Waals surface area contributed by atoms with E-state index in [9.17, 15) is 10.0 Å². The van der Waals surface area contributed by atoms with Crippen LogP contribution in [0.3, 0.4) is 0 Å². The maximum Gasteiger partial charge on any atom is 0.317 e. The Balaban J connectivity index is 1.74. The van der Waals surface area contributed by atoms with Gasteiger partial charge < -0.3 is 20.0 Å². The van der Waals surface area contributed by atoms with Crippen molar-refractivity contribution in [3.8, 4) is 11.5 Å². The fourth-order valence-electron chi connectivity index (χ4n) is 2.26. The first kappa shape index (κ1) is 14.2. The molecule has 0 saturated heterocycles. The van der Waals surface area contributed by atoms with Crippen molar-refractivity contribution in [2.45, 2.75) is 13.0 Å². The lowest BCUT2D eigenvalue weighted by Gasteiger charge is -2.12. The fourth-order valence-corrected chi connectivity index (χ4v) is 2.26. The Morgan fingerprint density at radius 1 is 1.18 bits per heavy atom. The van der Waals surface area contributed by atoms with Gasteiger partial charge in [0.15, 0.2) is 17.7 Å². The van der Waals surface area contributed by atoms with Gasteiger partial charge in [-0.2, -0.15) is 4.73 Å². The number of fused-ring (bicyclic) bond motifs is 1. The van der Waals surface area contributed by atoms with Crippen molar-refractivity contribution >= 4 is 5.91 Å². The summed E-state index contributed by atoms with van der Waals surface area (Å²) in [5.74, 6) is 0.911. The van der Waals surface area contributed by atoms with E-state index in [4.69, 9.17) is 9.47 Å². The average molecular weight is 300 g/mol. The number of aromatic nitrogens is 1. The monoisotopic (exact) mass is 300 g/mol. The van der Waals surface area contributed by atoms with Gasteiger partial charge in [0, 0.05) is 30.7 Å². The van der Waals surface area contributed by atoms with Crippen LogP contribution in [0.1, 0.15) is 22.5 Å². The standard InChI is InChI=1S/C16H16N2O4/c19-16(13-6-1-2-8-18(13)20)17-11-12-5-3-7-14-15(12)22-10-4-9-21-14/h1-3,5-8H,4,9-11H2,(H,17,19). The largest absolute Gasteiger partial charge is 0.618 e. The predicted molar refractivity (Wildman–Crippen MR) is 78.6 cm³/mol. The Labute approximate surface area is 127 Å². The SMILES string of the molecule is O=C(NCc1cccc2c1OCCCO2)c1cccc[n+]1[O-]. The second-order valence-electron chi connectivity index (χ2n) is 4.89. The van der Waals surface area contributed by atoms with Gasteiger partial charge in [-0.25, -0.2) is 0 Å². The number of pyridine rings is 1. The third-order valence-corrected chi connectivity index (χ3v) is 3.35. The first-order valence-electron chi connectivity index (χ1n) is 7.09. The van der Waals surface area contributed by atoms with Crippen LogP contribution >= 0.6 is 0 Å². The van der Waals surface area contributed by atoms with Crippen LogP contribution < -0.4 is 19.5 Å². The van der Waals surface area contributed by atoms with Crippen molar-refractivity contribution in [2.75, 3.05) is 13.2 Å². The third kappa shape index (κ3) is 2.95. The molecule has 3 rings (SSSR count). The Kier molecular flexibility index (Phi) is 4.09. The summed E-state index contributed by atoms with van der Waals surface area (Å²) in [4.78, 5) is 12.1. The molecule has 1 aliphatic rings. The second-order valence-corrected chi connectivity index (χ2v) is 4.89. The molecule has 6 heteroatoms. The van der Waals surface area contributed by atoms with Gasteiger partial charge in [-0.3, -0.25) is 4.79 Å². The van der Waals surface area contributed by atoms with Gasteiger partial charge >= 0.3 is 5.91 Å². The average Bonchev–Trinajstić information content (AvgIpc) is 2.78. The van der Waals surface area contributed by atoms with Crippen LogP contribution in [0, 0.1) is 5.21 Å². The quantitative estimate of drug-likeness (QED) is 0.687. The summed E-state index contributed by atoms with van der Waals surface area (Å²) in [5, 5.41) is 14.3. The Morgan fingerprint density at radius 3 is 2.91 bits per heavy atom. The molecule has 1 amide bonds. The van der Waals surface area contributed by atoms with Crippen molar-refractivity contribution in [3.05, 3.63) is 59.1 Å². The second kappa shape index (κ2) is 6.34. The molecule has 0 unspecified atom stereocenters. The van der Waals surface area contributed by atoms with E-state index in [0.29, 0.717) is 29.4 Å². The van der Waals surface area contributed by atoms with Crippen molar-refractivity contribution in [3.63, 3.8) is 0 Å². The first-order chi connectivity index (χ1) is 10.8. The topological polar surface area (TPSA) is 74.5 Å². The number of nitrogens with one attached hydrogen (secondary N) is 1.